The zero-order valence-electron chi connectivity index (χ0n) is 15.8. The van der Waals surface area contributed by atoms with E-state index >= 15 is 0 Å². The quantitative estimate of drug-likeness (QED) is 0.664. The highest BCUT2D eigenvalue weighted by Crippen LogP contribution is 2.37. The molecule has 3 aromatic rings. The predicted molar refractivity (Wildman–Crippen MR) is 102 cm³/mol. The zero-order chi connectivity index (χ0) is 20.1. The second kappa shape index (κ2) is 6.73. The molecule has 7 nitrogen and oxygen atoms in total. The number of nitrogens with one attached hydrogen (secondary N) is 2. The Kier molecular flexibility index (Phi) is 4.49. The number of rotatable bonds is 5. The molecule has 0 amide bonds. The summed E-state index contributed by atoms with van der Waals surface area (Å²) < 4.78 is 47.7. The van der Waals surface area contributed by atoms with Crippen LogP contribution >= 0.6 is 0 Å². The van der Waals surface area contributed by atoms with Gasteiger partial charge in [-0.3, -0.25) is 4.72 Å². The molecular weight excluding hydrogens is 383 g/mol. The van der Waals surface area contributed by atoms with Crippen molar-refractivity contribution in [3.05, 3.63) is 46.7 Å². The number of aryl methyl sites for hydroxylation is 2. The third-order valence-corrected chi connectivity index (χ3v) is 6.81. The van der Waals surface area contributed by atoms with Gasteiger partial charge in [-0.1, -0.05) is 6.42 Å². The molecule has 1 aromatic carbocycles. The minimum absolute atomic E-state index is 0.118. The van der Waals surface area contributed by atoms with E-state index in [4.69, 9.17) is 4.42 Å². The van der Waals surface area contributed by atoms with Gasteiger partial charge in [0.25, 0.3) is 15.9 Å². The molecule has 9 heteroatoms. The number of aromatic amines is 1. The van der Waals surface area contributed by atoms with Crippen LogP contribution in [0, 0.1) is 26.6 Å². The second-order valence-corrected chi connectivity index (χ2v) is 8.84. The van der Waals surface area contributed by atoms with Gasteiger partial charge in [-0.25, -0.2) is 12.8 Å². The van der Waals surface area contributed by atoms with Gasteiger partial charge in [0.1, 0.15) is 16.4 Å². The van der Waals surface area contributed by atoms with Crippen LogP contribution in [0.2, 0.25) is 0 Å². The molecule has 0 radical (unpaired) electrons. The standard InChI is InChI=1S/C19H21FN4O3S/c1-10-9-14(7-8-15(10)20)24-28(25,26)17-11(2)16(21-12(17)3)19-23-22-18(27-19)13-5-4-6-13/h7-9,13,21,24H,4-6H2,1-3H3. The molecular formula is C19H21FN4O3S. The van der Waals surface area contributed by atoms with Crippen LogP contribution in [0.15, 0.2) is 27.5 Å². The fourth-order valence-corrected chi connectivity index (χ4v) is 4.92. The summed E-state index contributed by atoms with van der Waals surface area (Å²) in [5.41, 5.74) is 2.10. The van der Waals surface area contributed by atoms with Crippen LogP contribution in [0.5, 0.6) is 0 Å². The van der Waals surface area contributed by atoms with Crippen LogP contribution < -0.4 is 4.72 Å². The molecule has 1 aliphatic carbocycles. The van der Waals surface area contributed by atoms with Crippen LogP contribution in [0.4, 0.5) is 10.1 Å². The molecule has 2 aromatic heterocycles. The Morgan fingerprint density at radius 3 is 2.61 bits per heavy atom. The maximum atomic E-state index is 13.5. The van der Waals surface area contributed by atoms with Crippen molar-refractivity contribution in [1.82, 2.24) is 15.2 Å². The predicted octanol–water partition coefficient (Wildman–Crippen LogP) is 4.20. The average molecular weight is 404 g/mol. The first-order valence-corrected chi connectivity index (χ1v) is 10.6. The second-order valence-electron chi connectivity index (χ2n) is 7.22. The lowest BCUT2D eigenvalue weighted by Crippen LogP contribution is -2.14. The highest BCUT2D eigenvalue weighted by molar-refractivity contribution is 7.92. The van der Waals surface area contributed by atoms with Gasteiger partial charge in [0.2, 0.25) is 5.89 Å². The molecule has 0 saturated heterocycles. The van der Waals surface area contributed by atoms with Crippen molar-refractivity contribution in [3.8, 4) is 11.6 Å². The van der Waals surface area contributed by atoms with E-state index in [1.807, 2.05) is 0 Å². The number of nitrogens with zero attached hydrogens (tertiary/aromatic N) is 2. The Morgan fingerprint density at radius 2 is 1.96 bits per heavy atom. The average Bonchev–Trinajstić information content (AvgIpc) is 3.14. The number of hydrogen-bond acceptors (Lipinski definition) is 5. The van der Waals surface area contributed by atoms with Gasteiger partial charge in [0, 0.05) is 22.9 Å². The SMILES string of the molecule is Cc1cc(NS(=O)(=O)c2c(C)[nH]c(-c3nnc(C4CCC4)o3)c2C)ccc1F. The third kappa shape index (κ3) is 3.19. The minimum atomic E-state index is -3.89. The Labute approximate surface area is 162 Å². The van der Waals surface area contributed by atoms with Gasteiger partial charge in [-0.2, -0.15) is 0 Å². The fraction of sp³-hybridized carbons (Fsp3) is 0.368. The monoisotopic (exact) mass is 404 g/mol. The lowest BCUT2D eigenvalue weighted by atomic mass is 9.85. The molecule has 0 aliphatic heterocycles. The van der Waals surface area contributed by atoms with Gasteiger partial charge >= 0.3 is 0 Å². The van der Waals surface area contributed by atoms with Crippen molar-refractivity contribution in [2.24, 2.45) is 0 Å². The summed E-state index contributed by atoms with van der Waals surface area (Å²) in [6.07, 6.45) is 3.22. The number of aromatic nitrogens is 3. The Bertz CT molecular complexity index is 1150. The molecule has 0 atom stereocenters. The van der Waals surface area contributed by atoms with Crippen molar-refractivity contribution < 1.29 is 17.2 Å². The summed E-state index contributed by atoms with van der Waals surface area (Å²) in [4.78, 5) is 3.17. The van der Waals surface area contributed by atoms with Gasteiger partial charge < -0.3 is 9.40 Å². The van der Waals surface area contributed by atoms with Gasteiger partial charge in [-0.15, -0.1) is 10.2 Å². The largest absolute Gasteiger partial charge is 0.419 e. The highest BCUT2D eigenvalue weighted by atomic mass is 32.2. The summed E-state index contributed by atoms with van der Waals surface area (Å²) in [7, 11) is -3.89. The topological polar surface area (TPSA) is 101 Å². The molecule has 0 unspecified atom stereocenters. The number of anilines is 1. The summed E-state index contributed by atoms with van der Waals surface area (Å²) >= 11 is 0. The first-order chi connectivity index (χ1) is 13.3. The highest BCUT2D eigenvalue weighted by Gasteiger charge is 2.29. The molecule has 148 valence electrons. The maximum Gasteiger partial charge on any atom is 0.264 e. The molecule has 0 bridgehead atoms. The van der Waals surface area contributed by atoms with Crippen LogP contribution in [0.1, 0.15) is 47.9 Å². The van der Waals surface area contributed by atoms with Gasteiger partial charge in [0.05, 0.1) is 0 Å². The smallest absolute Gasteiger partial charge is 0.264 e. The van der Waals surface area contributed by atoms with E-state index in [1.54, 1.807) is 20.8 Å². The lowest BCUT2D eigenvalue weighted by Gasteiger charge is -2.20. The van der Waals surface area contributed by atoms with Gasteiger partial charge in [0.15, 0.2) is 0 Å². The fourth-order valence-electron chi connectivity index (χ4n) is 3.42. The van der Waals surface area contributed by atoms with Crippen LogP contribution in [-0.4, -0.2) is 23.6 Å². The van der Waals surface area contributed by atoms with Crippen molar-refractivity contribution in [1.29, 1.82) is 0 Å². The molecule has 4 rings (SSSR count). The number of hydrogen-bond donors (Lipinski definition) is 2. The molecule has 2 N–H and O–H groups in total. The van der Waals surface area contributed by atoms with E-state index < -0.39 is 15.8 Å². The Hall–Kier alpha value is -2.68. The first-order valence-electron chi connectivity index (χ1n) is 9.08. The van der Waals surface area contributed by atoms with E-state index in [9.17, 15) is 12.8 Å². The normalized spacial score (nSPS) is 14.9. The Morgan fingerprint density at radius 1 is 1.21 bits per heavy atom. The summed E-state index contributed by atoms with van der Waals surface area (Å²) in [6, 6.07) is 4.07. The van der Waals surface area contributed by atoms with Crippen LogP contribution in [0.25, 0.3) is 11.6 Å². The number of sulfonamides is 1. The zero-order valence-corrected chi connectivity index (χ0v) is 16.7. The summed E-state index contributed by atoms with van der Waals surface area (Å²) in [6.45, 7) is 4.94. The van der Waals surface area contributed by atoms with Gasteiger partial charge in [-0.05, 0) is 57.4 Å². The lowest BCUT2D eigenvalue weighted by molar-refractivity contribution is 0.338. The minimum Gasteiger partial charge on any atom is -0.419 e. The van der Waals surface area contributed by atoms with Crippen molar-refractivity contribution in [2.45, 2.75) is 50.8 Å². The summed E-state index contributed by atoms with van der Waals surface area (Å²) in [5, 5.41) is 8.19. The first kappa shape index (κ1) is 18.7. The van der Waals surface area contributed by atoms with Crippen molar-refractivity contribution >= 4 is 15.7 Å². The van der Waals surface area contributed by atoms with Crippen LogP contribution in [0.3, 0.4) is 0 Å². The van der Waals surface area contributed by atoms with E-state index in [0.717, 1.165) is 19.3 Å². The molecule has 1 fully saturated rings. The molecule has 2 heterocycles. The molecule has 0 spiro atoms. The van der Waals surface area contributed by atoms with E-state index in [1.165, 1.54) is 18.2 Å². The molecule has 28 heavy (non-hydrogen) atoms. The Balaban J connectivity index is 1.67. The van der Waals surface area contributed by atoms with E-state index in [-0.39, 0.29) is 10.8 Å². The van der Waals surface area contributed by atoms with Crippen molar-refractivity contribution in [3.63, 3.8) is 0 Å². The third-order valence-electron chi connectivity index (χ3n) is 5.16. The van der Waals surface area contributed by atoms with Crippen LogP contribution in [-0.2, 0) is 10.0 Å². The maximum absolute atomic E-state index is 13.5. The van der Waals surface area contributed by atoms with E-state index in [2.05, 4.69) is 19.9 Å². The van der Waals surface area contributed by atoms with E-state index in [0.29, 0.717) is 40.0 Å². The number of H-pyrrole nitrogens is 1. The molecule has 1 aliphatic rings. The number of benzene rings is 1. The summed E-state index contributed by atoms with van der Waals surface area (Å²) in [5.74, 6) is 0.779. The molecule has 1 saturated carbocycles. The number of halogens is 1. The van der Waals surface area contributed by atoms with Crippen molar-refractivity contribution in [2.75, 3.05) is 4.72 Å².